The second-order valence-corrected chi connectivity index (χ2v) is 3.67. The van der Waals surface area contributed by atoms with E-state index in [1.54, 1.807) is 6.92 Å². The topological polar surface area (TPSA) is 74.4 Å². The molecule has 0 saturated heterocycles. The molecule has 2 N–H and O–H groups in total. The molecule has 0 atom stereocenters. The normalized spacial score (nSPS) is 10.6. The molecule has 0 aliphatic heterocycles. The molecule has 0 spiro atoms. The summed E-state index contributed by atoms with van der Waals surface area (Å²) in [5.74, 6) is -0.488. The molecule has 0 aliphatic rings. The minimum atomic E-state index is -2.78. The average molecular weight is 274 g/mol. The van der Waals surface area contributed by atoms with Gasteiger partial charge in [-0.2, -0.15) is 0 Å². The van der Waals surface area contributed by atoms with Crippen molar-refractivity contribution in [2.45, 2.75) is 26.3 Å². The smallest absolute Gasteiger partial charge is 0.310 e. The predicted octanol–water partition coefficient (Wildman–Crippen LogP) is 1.59. The number of nitrogens with two attached hydrogens (primary N) is 1. The summed E-state index contributed by atoms with van der Waals surface area (Å²) in [6, 6.07) is 1.42. The first kappa shape index (κ1) is 15.3. The van der Waals surface area contributed by atoms with Gasteiger partial charge in [-0.3, -0.25) is 4.79 Å². The largest absolute Gasteiger partial charge is 0.481 e. The van der Waals surface area contributed by atoms with Crippen LogP contribution < -0.4 is 10.5 Å². The Morgan fingerprint density at radius 1 is 1.53 bits per heavy atom. The van der Waals surface area contributed by atoms with Crippen molar-refractivity contribution in [2.24, 2.45) is 5.73 Å². The van der Waals surface area contributed by atoms with Crippen molar-refractivity contribution in [3.8, 4) is 5.88 Å². The van der Waals surface area contributed by atoms with Crippen LogP contribution in [0.4, 0.5) is 8.78 Å². The van der Waals surface area contributed by atoms with Crippen molar-refractivity contribution in [3.63, 3.8) is 0 Å². The van der Waals surface area contributed by atoms with E-state index < -0.39 is 18.1 Å². The zero-order valence-corrected chi connectivity index (χ0v) is 10.8. The number of methoxy groups -OCH3 is 1. The van der Waals surface area contributed by atoms with Crippen LogP contribution in [0.1, 0.15) is 30.2 Å². The molecule has 0 aliphatic carbocycles. The Kier molecular flexibility index (Phi) is 5.62. The van der Waals surface area contributed by atoms with Crippen LogP contribution in [0.2, 0.25) is 0 Å². The molecule has 0 amide bonds. The lowest BCUT2D eigenvalue weighted by atomic mass is 10.0. The van der Waals surface area contributed by atoms with Crippen LogP contribution in [-0.2, 0) is 22.5 Å². The van der Waals surface area contributed by atoms with Gasteiger partial charge in [0.1, 0.15) is 5.69 Å². The van der Waals surface area contributed by atoms with Crippen LogP contribution in [0.15, 0.2) is 6.07 Å². The Morgan fingerprint density at radius 2 is 2.21 bits per heavy atom. The summed E-state index contributed by atoms with van der Waals surface area (Å²) in [7, 11) is 1.31. The number of ether oxygens (including phenoxy) is 2. The molecule has 1 aromatic heterocycles. The molecule has 0 saturated carbocycles. The first-order chi connectivity index (χ1) is 9.03. The number of carbonyl (C=O) groups excluding carboxylic acids is 1. The molecule has 106 valence electrons. The summed E-state index contributed by atoms with van der Waals surface area (Å²) in [5.41, 5.74) is 5.51. The van der Waals surface area contributed by atoms with Crippen LogP contribution >= 0.6 is 0 Å². The Morgan fingerprint density at radius 3 is 2.68 bits per heavy atom. The molecule has 0 fully saturated rings. The lowest BCUT2D eigenvalue weighted by Crippen LogP contribution is -2.14. The van der Waals surface area contributed by atoms with Gasteiger partial charge in [-0.15, -0.1) is 0 Å². The van der Waals surface area contributed by atoms with E-state index in [4.69, 9.17) is 15.2 Å². The van der Waals surface area contributed by atoms with Gasteiger partial charge in [0.2, 0.25) is 5.88 Å². The molecule has 1 aromatic rings. The van der Waals surface area contributed by atoms with Gasteiger partial charge in [-0.1, -0.05) is 0 Å². The van der Waals surface area contributed by atoms with Crippen molar-refractivity contribution >= 4 is 5.97 Å². The van der Waals surface area contributed by atoms with Gasteiger partial charge in [-0.05, 0) is 18.1 Å². The van der Waals surface area contributed by atoms with E-state index in [-0.39, 0.29) is 31.0 Å². The van der Waals surface area contributed by atoms with Crippen LogP contribution in [0.3, 0.4) is 0 Å². The van der Waals surface area contributed by atoms with E-state index in [2.05, 4.69) is 4.98 Å². The van der Waals surface area contributed by atoms with E-state index in [0.717, 1.165) is 0 Å². The maximum atomic E-state index is 12.9. The number of pyridine rings is 1. The first-order valence-electron chi connectivity index (χ1n) is 5.73. The van der Waals surface area contributed by atoms with Crippen LogP contribution in [0, 0.1) is 0 Å². The Balaban J connectivity index is 3.19. The Bertz CT molecular complexity index is 453. The molecule has 1 heterocycles. The first-order valence-corrected chi connectivity index (χ1v) is 5.73. The van der Waals surface area contributed by atoms with E-state index in [0.29, 0.717) is 5.56 Å². The number of hydrogen-bond donors (Lipinski definition) is 1. The number of rotatable bonds is 6. The van der Waals surface area contributed by atoms with Crippen molar-refractivity contribution in [1.82, 2.24) is 4.98 Å². The lowest BCUT2D eigenvalue weighted by Gasteiger charge is -2.13. The third-order valence-electron chi connectivity index (χ3n) is 2.49. The number of halogens is 2. The monoisotopic (exact) mass is 274 g/mol. The minimum Gasteiger partial charge on any atom is -0.481 e. The molecule has 0 unspecified atom stereocenters. The fourth-order valence-electron chi connectivity index (χ4n) is 1.67. The zero-order valence-electron chi connectivity index (χ0n) is 10.8. The predicted molar refractivity (Wildman–Crippen MR) is 64.0 cm³/mol. The van der Waals surface area contributed by atoms with Crippen LogP contribution in [0.25, 0.3) is 0 Å². The molecule has 1 rings (SSSR count). The summed E-state index contributed by atoms with van der Waals surface area (Å²) >= 11 is 0. The van der Waals surface area contributed by atoms with Gasteiger partial charge in [-0.25, -0.2) is 13.8 Å². The van der Waals surface area contributed by atoms with E-state index in [1.807, 2.05) is 0 Å². The second-order valence-electron chi connectivity index (χ2n) is 3.67. The molecule has 19 heavy (non-hydrogen) atoms. The third kappa shape index (κ3) is 3.85. The van der Waals surface area contributed by atoms with Crippen LogP contribution in [-0.4, -0.2) is 24.7 Å². The molecular formula is C12H16F2N2O3. The molecule has 0 radical (unpaired) electrons. The van der Waals surface area contributed by atoms with Crippen LogP contribution in [0.5, 0.6) is 5.88 Å². The summed E-state index contributed by atoms with van der Waals surface area (Å²) in [6.07, 6.45) is -2.92. The van der Waals surface area contributed by atoms with Gasteiger partial charge < -0.3 is 15.2 Å². The number of hydrogen-bond acceptors (Lipinski definition) is 5. The molecule has 7 heteroatoms. The van der Waals surface area contributed by atoms with Crippen molar-refractivity contribution < 1.29 is 23.0 Å². The number of esters is 1. The van der Waals surface area contributed by atoms with E-state index >= 15 is 0 Å². The van der Waals surface area contributed by atoms with Crippen molar-refractivity contribution in [2.75, 3.05) is 13.7 Å². The van der Waals surface area contributed by atoms with E-state index in [9.17, 15) is 13.6 Å². The second kappa shape index (κ2) is 6.98. The number of nitrogens with zero attached hydrogens (tertiary/aromatic N) is 1. The van der Waals surface area contributed by atoms with Gasteiger partial charge in [0.05, 0.1) is 20.1 Å². The molecule has 5 nitrogen and oxygen atoms in total. The number of alkyl halides is 2. The van der Waals surface area contributed by atoms with Gasteiger partial charge >= 0.3 is 5.97 Å². The SMILES string of the molecule is CCOC(=O)Cc1cc(OC)nc(C(F)F)c1CN. The summed E-state index contributed by atoms with van der Waals surface area (Å²) in [5, 5.41) is 0. The maximum absolute atomic E-state index is 12.9. The van der Waals surface area contributed by atoms with Crippen molar-refractivity contribution in [3.05, 3.63) is 22.9 Å². The summed E-state index contributed by atoms with van der Waals surface area (Å²) in [6.45, 7) is 1.76. The average Bonchev–Trinajstić information content (AvgIpc) is 2.37. The molecule has 0 aromatic carbocycles. The molecule has 0 bridgehead atoms. The van der Waals surface area contributed by atoms with E-state index in [1.165, 1.54) is 13.2 Å². The fourth-order valence-corrected chi connectivity index (χ4v) is 1.67. The van der Waals surface area contributed by atoms with Crippen molar-refractivity contribution in [1.29, 1.82) is 0 Å². The Hall–Kier alpha value is -1.76. The third-order valence-corrected chi connectivity index (χ3v) is 2.49. The Labute approximate surface area is 109 Å². The molecular weight excluding hydrogens is 258 g/mol. The number of aromatic nitrogens is 1. The maximum Gasteiger partial charge on any atom is 0.310 e. The quantitative estimate of drug-likeness (QED) is 0.797. The van der Waals surface area contributed by atoms with Gasteiger partial charge in [0.25, 0.3) is 6.43 Å². The summed E-state index contributed by atoms with van der Waals surface area (Å²) in [4.78, 5) is 15.1. The highest BCUT2D eigenvalue weighted by Gasteiger charge is 2.21. The van der Waals surface area contributed by atoms with Gasteiger partial charge in [0, 0.05) is 12.6 Å². The fraction of sp³-hybridized carbons (Fsp3) is 0.500. The zero-order chi connectivity index (χ0) is 14.4. The number of carbonyl (C=O) groups is 1. The highest BCUT2D eigenvalue weighted by molar-refractivity contribution is 5.73. The lowest BCUT2D eigenvalue weighted by molar-refractivity contribution is -0.142. The highest BCUT2D eigenvalue weighted by Crippen LogP contribution is 2.27. The van der Waals surface area contributed by atoms with Gasteiger partial charge in [0.15, 0.2) is 0 Å². The standard InChI is InChI=1S/C12H16F2N2O3/c1-3-19-10(17)5-7-4-9(18-2)16-11(12(13)14)8(7)6-15/h4,12H,3,5-6,15H2,1-2H3. The highest BCUT2D eigenvalue weighted by atomic mass is 19.3. The minimum absolute atomic E-state index is 0.0202. The summed E-state index contributed by atoms with van der Waals surface area (Å²) < 4.78 is 35.5.